The van der Waals surface area contributed by atoms with Crippen LogP contribution in [0, 0.1) is 0 Å². The summed E-state index contributed by atoms with van der Waals surface area (Å²) >= 11 is 0. The van der Waals surface area contributed by atoms with Crippen molar-refractivity contribution in [2.24, 2.45) is 0 Å². The van der Waals surface area contributed by atoms with Crippen molar-refractivity contribution in [2.45, 2.75) is 24.7 Å². The van der Waals surface area contributed by atoms with Gasteiger partial charge in [0.05, 0.1) is 12.7 Å². The molecule has 2 aliphatic rings. The van der Waals surface area contributed by atoms with Gasteiger partial charge in [0.25, 0.3) is 0 Å². The zero-order chi connectivity index (χ0) is 10.1. The number of aromatic nitrogens is 1. The summed E-state index contributed by atoms with van der Waals surface area (Å²) < 4.78 is 17.0. The van der Waals surface area contributed by atoms with E-state index < -0.39 is 0 Å². The van der Waals surface area contributed by atoms with Gasteiger partial charge in [-0.05, 0) is 18.6 Å². The molecule has 0 aromatic carbocycles. The van der Waals surface area contributed by atoms with Gasteiger partial charge in [0.2, 0.25) is 0 Å². The summed E-state index contributed by atoms with van der Waals surface area (Å²) in [7, 11) is 0. The molecule has 1 aromatic rings. The van der Waals surface area contributed by atoms with E-state index in [1.54, 1.807) is 12.4 Å². The lowest BCUT2D eigenvalue weighted by atomic mass is 10.1. The molecule has 0 aliphatic carbocycles. The molecule has 15 heavy (non-hydrogen) atoms. The van der Waals surface area contributed by atoms with Gasteiger partial charge in [-0.15, -0.1) is 0 Å². The lowest BCUT2D eigenvalue weighted by molar-refractivity contribution is 0.0308. The molecule has 0 amide bonds. The maximum atomic E-state index is 5.80. The van der Waals surface area contributed by atoms with Gasteiger partial charge in [0.1, 0.15) is 11.9 Å². The lowest BCUT2D eigenvalue weighted by Gasteiger charge is -2.17. The summed E-state index contributed by atoms with van der Waals surface area (Å²) in [6.45, 7) is 1.41. The summed E-state index contributed by atoms with van der Waals surface area (Å²) in [6.07, 6.45) is 4.80. The number of rotatable bonds is 2. The highest BCUT2D eigenvalue weighted by Crippen LogP contribution is 2.29. The van der Waals surface area contributed by atoms with Crippen LogP contribution in [0.1, 0.15) is 6.42 Å². The molecule has 2 aliphatic heterocycles. The molecule has 0 spiro atoms. The van der Waals surface area contributed by atoms with E-state index in [4.69, 9.17) is 14.2 Å². The summed E-state index contributed by atoms with van der Waals surface area (Å²) in [4.78, 5) is 3.94. The number of ether oxygens (including phenoxy) is 3. The zero-order valence-corrected chi connectivity index (χ0v) is 8.33. The highest BCUT2D eigenvalue weighted by atomic mass is 16.6. The molecule has 4 heteroatoms. The monoisotopic (exact) mass is 207 g/mol. The van der Waals surface area contributed by atoms with Gasteiger partial charge in [0.15, 0.2) is 6.10 Å². The predicted molar refractivity (Wildman–Crippen MR) is 52.8 cm³/mol. The SMILES string of the molecule is c1cc(OC2COC3CCOC32)ccn1. The number of nitrogens with zero attached hydrogens (tertiary/aromatic N) is 1. The van der Waals surface area contributed by atoms with Crippen molar-refractivity contribution < 1.29 is 14.2 Å². The van der Waals surface area contributed by atoms with E-state index in [-0.39, 0.29) is 18.3 Å². The van der Waals surface area contributed by atoms with Crippen molar-refractivity contribution >= 4 is 0 Å². The summed E-state index contributed by atoms with van der Waals surface area (Å²) in [6, 6.07) is 3.70. The first-order valence-corrected chi connectivity index (χ1v) is 5.23. The van der Waals surface area contributed by atoms with E-state index in [9.17, 15) is 0 Å². The smallest absolute Gasteiger partial charge is 0.150 e. The summed E-state index contributed by atoms with van der Waals surface area (Å²) in [5, 5.41) is 0. The van der Waals surface area contributed by atoms with Gasteiger partial charge >= 0.3 is 0 Å². The van der Waals surface area contributed by atoms with Gasteiger partial charge < -0.3 is 14.2 Å². The Morgan fingerprint density at radius 3 is 3.00 bits per heavy atom. The normalized spacial score (nSPS) is 34.0. The van der Waals surface area contributed by atoms with E-state index >= 15 is 0 Å². The van der Waals surface area contributed by atoms with Crippen LogP contribution in [0.25, 0.3) is 0 Å². The van der Waals surface area contributed by atoms with Crippen LogP contribution < -0.4 is 4.74 Å². The van der Waals surface area contributed by atoms with Crippen LogP contribution in [-0.2, 0) is 9.47 Å². The van der Waals surface area contributed by atoms with Crippen LogP contribution in [0.2, 0.25) is 0 Å². The van der Waals surface area contributed by atoms with Crippen LogP contribution in [0.3, 0.4) is 0 Å². The zero-order valence-electron chi connectivity index (χ0n) is 8.33. The van der Waals surface area contributed by atoms with Gasteiger partial charge in [-0.25, -0.2) is 0 Å². The fraction of sp³-hybridized carbons (Fsp3) is 0.545. The largest absolute Gasteiger partial charge is 0.485 e. The standard InChI is InChI=1S/C11H13NO3/c1-4-12-5-2-8(1)15-10-7-14-9-3-6-13-11(9)10/h1-2,4-5,9-11H,3,6-7H2. The molecule has 80 valence electrons. The Bertz CT molecular complexity index is 330. The second kappa shape index (κ2) is 3.79. The third kappa shape index (κ3) is 1.70. The fourth-order valence-corrected chi connectivity index (χ4v) is 2.12. The molecular formula is C11H13NO3. The van der Waals surface area contributed by atoms with Gasteiger partial charge in [0, 0.05) is 19.0 Å². The number of pyridine rings is 1. The highest BCUT2D eigenvalue weighted by Gasteiger charge is 2.43. The molecule has 2 saturated heterocycles. The Balaban J connectivity index is 1.69. The molecule has 3 atom stereocenters. The van der Waals surface area contributed by atoms with Crippen LogP contribution in [0.5, 0.6) is 5.75 Å². The number of hydrogen-bond acceptors (Lipinski definition) is 4. The minimum atomic E-state index is 0.0277. The first-order valence-electron chi connectivity index (χ1n) is 5.23. The van der Waals surface area contributed by atoms with E-state index in [0.29, 0.717) is 6.61 Å². The van der Waals surface area contributed by atoms with Crippen molar-refractivity contribution in [2.75, 3.05) is 13.2 Å². The van der Waals surface area contributed by atoms with E-state index in [2.05, 4.69) is 4.98 Å². The molecule has 0 N–H and O–H groups in total. The molecular weight excluding hydrogens is 194 g/mol. The molecule has 0 saturated carbocycles. The summed E-state index contributed by atoms with van der Waals surface area (Å²) in [5.74, 6) is 0.828. The maximum Gasteiger partial charge on any atom is 0.150 e. The third-order valence-electron chi connectivity index (χ3n) is 2.86. The van der Waals surface area contributed by atoms with Crippen LogP contribution in [0.15, 0.2) is 24.5 Å². The van der Waals surface area contributed by atoms with Gasteiger partial charge in [-0.1, -0.05) is 0 Å². The first-order chi connectivity index (χ1) is 7.43. The Kier molecular flexibility index (Phi) is 2.31. The average Bonchev–Trinajstić information content (AvgIpc) is 2.85. The minimum Gasteiger partial charge on any atom is -0.485 e. The molecule has 4 nitrogen and oxygen atoms in total. The number of fused-ring (bicyclic) bond motifs is 1. The lowest BCUT2D eigenvalue weighted by Crippen LogP contribution is -2.32. The van der Waals surface area contributed by atoms with Crippen molar-refractivity contribution in [3.8, 4) is 5.75 Å². The van der Waals surface area contributed by atoms with Crippen molar-refractivity contribution in [3.63, 3.8) is 0 Å². The average molecular weight is 207 g/mol. The second-order valence-electron chi connectivity index (χ2n) is 3.84. The maximum absolute atomic E-state index is 5.80. The number of hydrogen-bond donors (Lipinski definition) is 0. The molecule has 0 radical (unpaired) electrons. The molecule has 2 fully saturated rings. The van der Waals surface area contributed by atoms with Crippen LogP contribution in [-0.4, -0.2) is 36.5 Å². The van der Waals surface area contributed by atoms with Gasteiger partial charge in [-0.2, -0.15) is 0 Å². The molecule has 3 heterocycles. The van der Waals surface area contributed by atoms with E-state index in [1.165, 1.54) is 0 Å². The Morgan fingerprint density at radius 1 is 1.27 bits per heavy atom. The minimum absolute atomic E-state index is 0.0277. The van der Waals surface area contributed by atoms with Crippen LogP contribution >= 0.6 is 0 Å². The molecule has 3 rings (SSSR count). The Labute approximate surface area is 88.2 Å². The van der Waals surface area contributed by atoms with Crippen molar-refractivity contribution in [3.05, 3.63) is 24.5 Å². The van der Waals surface area contributed by atoms with E-state index in [1.807, 2.05) is 12.1 Å². The van der Waals surface area contributed by atoms with Crippen molar-refractivity contribution in [1.29, 1.82) is 0 Å². The van der Waals surface area contributed by atoms with Crippen molar-refractivity contribution in [1.82, 2.24) is 4.98 Å². The Hall–Kier alpha value is -1.13. The molecule has 3 unspecified atom stereocenters. The molecule has 0 bridgehead atoms. The van der Waals surface area contributed by atoms with Crippen LogP contribution in [0.4, 0.5) is 0 Å². The van der Waals surface area contributed by atoms with Gasteiger partial charge in [-0.3, -0.25) is 4.98 Å². The predicted octanol–water partition coefficient (Wildman–Crippen LogP) is 1.02. The fourth-order valence-electron chi connectivity index (χ4n) is 2.12. The molecule has 1 aromatic heterocycles. The quantitative estimate of drug-likeness (QED) is 0.726. The first kappa shape index (κ1) is 9.12. The summed E-state index contributed by atoms with van der Waals surface area (Å²) in [5.41, 5.74) is 0. The topological polar surface area (TPSA) is 40.6 Å². The highest BCUT2D eigenvalue weighted by molar-refractivity contribution is 5.17. The third-order valence-corrected chi connectivity index (χ3v) is 2.86. The second-order valence-corrected chi connectivity index (χ2v) is 3.84. The Morgan fingerprint density at radius 2 is 2.13 bits per heavy atom. The van der Waals surface area contributed by atoms with E-state index in [0.717, 1.165) is 18.8 Å².